The van der Waals surface area contributed by atoms with Gasteiger partial charge in [0.2, 0.25) is 0 Å². The quantitative estimate of drug-likeness (QED) is 0.909. The third-order valence-corrected chi connectivity index (χ3v) is 3.84. The van der Waals surface area contributed by atoms with Gasteiger partial charge in [-0.05, 0) is 31.5 Å². The molecule has 2 nitrogen and oxygen atoms in total. The highest BCUT2D eigenvalue weighted by Gasteiger charge is 2.12. The molecule has 1 aromatic heterocycles. The molecule has 0 amide bonds. The van der Waals surface area contributed by atoms with Crippen molar-refractivity contribution in [1.29, 1.82) is 0 Å². The lowest BCUT2D eigenvalue weighted by Gasteiger charge is -2.19. The van der Waals surface area contributed by atoms with Gasteiger partial charge in [0.25, 0.3) is 0 Å². The van der Waals surface area contributed by atoms with Crippen LogP contribution in [0.3, 0.4) is 0 Å². The average Bonchev–Trinajstić information content (AvgIpc) is 2.82. The molecular weight excluding hydrogens is 296 g/mol. The summed E-state index contributed by atoms with van der Waals surface area (Å²) >= 11 is 5.13. The van der Waals surface area contributed by atoms with Gasteiger partial charge < -0.3 is 5.32 Å². The number of aromatic nitrogens is 1. The Morgan fingerprint density at radius 2 is 2.12 bits per heavy atom. The van der Waals surface area contributed by atoms with Gasteiger partial charge in [0.15, 0.2) is 0 Å². The molecule has 90 valence electrons. The summed E-state index contributed by atoms with van der Waals surface area (Å²) in [5.41, 5.74) is 4.26. The van der Waals surface area contributed by atoms with Crippen LogP contribution in [-0.2, 0) is 0 Å². The van der Waals surface area contributed by atoms with Crippen LogP contribution in [0, 0.1) is 0 Å². The van der Waals surface area contributed by atoms with E-state index < -0.39 is 0 Å². The first-order valence-corrected chi connectivity index (χ1v) is 7.30. The van der Waals surface area contributed by atoms with E-state index in [0.717, 1.165) is 10.2 Å². The highest BCUT2D eigenvalue weighted by atomic mass is 79.9. The van der Waals surface area contributed by atoms with E-state index in [1.807, 2.05) is 11.6 Å². The molecule has 0 saturated heterocycles. The number of thiazole rings is 1. The number of rotatable bonds is 4. The van der Waals surface area contributed by atoms with Gasteiger partial charge >= 0.3 is 0 Å². The molecule has 0 spiro atoms. The van der Waals surface area contributed by atoms with Gasteiger partial charge in [-0.2, -0.15) is 0 Å². The fraction of sp³-hybridized carbons (Fsp3) is 0.308. The Hall–Kier alpha value is -0.710. The Bertz CT molecular complexity index is 470. The summed E-state index contributed by atoms with van der Waals surface area (Å²) in [5, 5.41) is 5.64. The molecular formula is C13H15BrN2S. The maximum Gasteiger partial charge on any atom is 0.0795 e. The van der Waals surface area contributed by atoms with Crippen molar-refractivity contribution in [3.63, 3.8) is 0 Å². The molecule has 1 heterocycles. The fourth-order valence-corrected chi connectivity index (χ4v) is 2.83. The van der Waals surface area contributed by atoms with Crippen molar-refractivity contribution >= 4 is 27.3 Å². The minimum absolute atomic E-state index is 0.273. The number of hydrogen-bond acceptors (Lipinski definition) is 3. The van der Waals surface area contributed by atoms with Crippen molar-refractivity contribution in [1.82, 2.24) is 10.3 Å². The fourth-order valence-electron chi connectivity index (χ4n) is 1.77. The molecule has 17 heavy (non-hydrogen) atoms. The summed E-state index contributed by atoms with van der Waals surface area (Å²) in [7, 11) is 0. The zero-order valence-electron chi connectivity index (χ0n) is 9.85. The second-order valence-electron chi connectivity index (χ2n) is 4.08. The highest BCUT2D eigenvalue weighted by molar-refractivity contribution is 9.10. The van der Waals surface area contributed by atoms with E-state index in [2.05, 4.69) is 63.7 Å². The van der Waals surface area contributed by atoms with Crippen molar-refractivity contribution < 1.29 is 0 Å². The van der Waals surface area contributed by atoms with Crippen LogP contribution in [0.1, 0.15) is 37.2 Å². The third-order valence-electron chi connectivity index (χ3n) is 2.74. The normalized spacial score (nSPS) is 14.5. The monoisotopic (exact) mass is 310 g/mol. The molecule has 0 aliphatic heterocycles. The topological polar surface area (TPSA) is 24.9 Å². The molecule has 2 rings (SSSR count). The predicted octanol–water partition coefficient (Wildman–Crippen LogP) is 4.32. The van der Waals surface area contributed by atoms with E-state index in [1.165, 1.54) is 5.56 Å². The minimum Gasteiger partial charge on any atom is -0.302 e. The smallest absolute Gasteiger partial charge is 0.0795 e. The van der Waals surface area contributed by atoms with Gasteiger partial charge in [0, 0.05) is 21.9 Å². The lowest BCUT2D eigenvalue weighted by Crippen LogP contribution is -2.22. The molecule has 1 aromatic carbocycles. The molecule has 0 radical (unpaired) electrons. The number of halogens is 1. The summed E-state index contributed by atoms with van der Waals surface area (Å²) in [6.07, 6.45) is 0. The van der Waals surface area contributed by atoms with Gasteiger partial charge in [-0.3, -0.25) is 0 Å². The first kappa shape index (κ1) is 12.7. The SMILES string of the molecule is CC(N[C@H](C)c1cccc(Br)c1)c1cscn1. The van der Waals surface area contributed by atoms with Crippen LogP contribution in [0.5, 0.6) is 0 Å². The van der Waals surface area contributed by atoms with Gasteiger partial charge in [-0.1, -0.05) is 28.1 Å². The average molecular weight is 311 g/mol. The Kier molecular flexibility index (Phi) is 4.31. The van der Waals surface area contributed by atoms with Crippen LogP contribution in [0.25, 0.3) is 0 Å². The van der Waals surface area contributed by atoms with Crippen LogP contribution >= 0.6 is 27.3 Å². The highest BCUT2D eigenvalue weighted by Crippen LogP contribution is 2.21. The van der Waals surface area contributed by atoms with Crippen molar-refractivity contribution in [2.75, 3.05) is 0 Å². The van der Waals surface area contributed by atoms with E-state index >= 15 is 0 Å². The number of benzene rings is 1. The summed E-state index contributed by atoms with van der Waals surface area (Å²) in [5.74, 6) is 0. The van der Waals surface area contributed by atoms with E-state index in [1.54, 1.807) is 11.3 Å². The summed E-state index contributed by atoms with van der Waals surface area (Å²) in [6, 6.07) is 8.96. The second-order valence-corrected chi connectivity index (χ2v) is 5.71. The van der Waals surface area contributed by atoms with Gasteiger partial charge in [0.1, 0.15) is 0 Å². The first-order valence-electron chi connectivity index (χ1n) is 5.56. The van der Waals surface area contributed by atoms with Crippen LogP contribution in [0.4, 0.5) is 0 Å². The Balaban J connectivity index is 2.04. The van der Waals surface area contributed by atoms with E-state index in [0.29, 0.717) is 6.04 Å². The van der Waals surface area contributed by atoms with E-state index in [4.69, 9.17) is 0 Å². The minimum atomic E-state index is 0.273. The maximum absolute atomic E-state index is 4.33. The summed E-state index contributed by atoms with van der Waals surface area (Å²) < 4.78 is 1.12. The van der Waals surface area contributed by atoms with Crippen molar-refractivity contribution in [3.8, 4) is 0 Å². The lowest BCUT2D eigenvalue weighted by molar-refractivity contribution is 0.488. The van der Waals surface area contributed by atoms with Crippen LogP contribution in [0.2, 0.25) is 0 Å². The Morgan fingerprint density at radius 1 is 1.29 bits per heavy atom. The molecule has 0 bridgehead atoms. The van der Waals surface area contributed by atoms with E-state index in [-0.39, 0.29) is 6.04 Å². The van der Waals surface area contributed by atoms with Gasteiger partial charge in [-0.15, -0.1) is 11.3 Å². The van der Waals surface area contributed by atoms with Crippen molar-refractivity contribution in [3.05, 3.63) is 50.9 Å². The summed E-state index contributed by atoms with van der Waals surface area (Å²) in [4.78, 5) is 4.33. The Morgan fingerprint density at radius 3 is 2.76 bits per heavy atom. The second kappa shape index (κ2) is 5.76. The molecule has 1 N–H and O–H groups in total. The largest absolute Gasteiger partial charge is 0.302 e. The molecule has 1 unspecified atom stereocenters. The molecule has 0 aliphatic carbocycles. The third kappa shape index (κ3) is 3.37. The zero-order valence-corrected chi connectivity index (χ0v) is 12.3. The van der Waals surface area contributed by atoms with Gasteiger partial charge in [-0.25, -0.2) is 4.98 Å². The standard InChI is InChI=1S/C13H15BrN2S/c1-9(11-4-3-5-12(14)6-11)16-10(2)13-7-17-8-15-13/h3-10,16H,1-2H3/t9-,10?/m1/s1. The number of nitrogens with zero attached hydrogens (tertiary/aromatic N) is 1. The predicted molar refractivity (Wildman–Crippen MR) is 76.2 cm³/mol. The van der Waals surface area contributed by atoms with Gasteiger partial charge in [0.05, 0.1) is 11.2 Å². The number of nitrogens with one attached hydrogen (secondary N) is 1. The molecule has 4 heteroatoms. The Labute approximate surface area is 114 Å². The number of hydrogen-bond donors (Lipinski definition) is 1. The van der Waals surface area contributed by atoms with Crippen LogP contribution in [-0.4, -0.2) is 4.98 Å². The molecule has 2 aromatic rings. The van der Waals surface area contributed by atoms with Crippen molar-refractivity contribution in [2.24, 2.45) is 0 Å². The summed E-state index contributed by atoms with van der Waals surface area (Å²) in [6.45, 7) is 4.31. The lowest BCUT2D eigenvalue weighted by atomic mass is 10.1. The maximum atomic E-state index is 4.33. The van der Waals surface area contributed by atoms with E-state index in [9.17, 15) is 0 Å². The van der Waals surface area contributed by atoms with Crippen LogP contribution < -0.4 is 5.32 Å². The van der Waals surface area contributed by atoms with Crippen LogP contribution in [0.15, 0.2) is 39.6 Å². The molecule has 2 atom stereocenters. The molecule has 0 saturated carbocycles. The molecule has 0 fully saturated rings. The van der Waals surface area contributed by atoms with Crippen molar-refractivity contribution in [2.45, 2.75) is 25.9 Å². The first-order chi connectivity index (χ1) is 8.16. The molecule has 0 aliphatic rings. The zero-order chi connectivity index (χ0) is 12.3.